The maximum absolute atomic E-state index is 5.77. The summed E-state index contributed by atoms with van der Waals surface area (Å²) in [6.45, 7) is 2.91. The summed E-state index contributed by atoms with van der Waals surface area (Å²) in [7, 11) is 1.95. The first-order chi connectivity index (χ1) is 10.8. The van der Waals surface area contributed by atoms with Gasteiger partial charge in [0.2, 0.25) is 0 Å². The smallest absolute Gasteiger partial charge is 0.119 e. The molecule has 118 valence electrons. The zero-order valence-electron chi connectivity index (χ0n) is 13.8. The van der Waals surface area contributed by atoms with Gasteiger partial charge in [-0.1, -0.05) is 37.1 Å². The molecule has 0 atom stereocenters. The first kappa shape index (κ1) is 16.4. The lowest BCUT2D eigenvalue weighted by Crippen LogP contribution is -1.97. The van der Waals surface area contributed by atoms with Crippen molar-refractivity contribution in [3.05, 3.63) is 59.7 Å². The number of benzene rings is 2. The van der Waals surface area contributed by atoms with Gasteiger partial charge in [0, 0.05) is 12.7 Å². The lowest BCUT2D eigenvalue weighted by atomic mass is 10.1. The molecule has 0 aliphatic rings. The third-order valence-corrected chi connectivity index (χ3v) is 3.86. The molecule has 0 saturated heterocycles. The largest absolute Gasteiger partial charge is 0.494 e. The van der Waals surface area contributed by atoms with Crippen LogP contribution < -0.4 is 10.1 Å². The Balaban J connectivity index is 1.54. The van der Waals surface area contributed by atoms with Crippen molar-refractivity contribution in [3.8, 4) is 5.75 Å². The van der Waals surface area contributed by atoms with Crippen molar-refractivity contribution < 1.29 is 4.74 Å². The highest BCUT2D eigenvalue weighted by atomic mass is 16.5. The third-order valence-electron chi connectivity index (χ3n) is 3.86. The Morgan fingerprint density at radius 2 is 1.68 bits per heavy atom. The quantitative estimate of drug-likeness (QED) is 0.641. The Hall–Kier alpha value is -1.96. The van der Waals surface area contributed by atoms with Crippen molar-refractivity contribution in [2.24, 2.45) is 0 Å². The lowest BCUT2D eigenvalue weighted by Gasteiger charge is -2.07. The van der Waals surface area contributed by atoms with Crippen LogP contribution in [-0.2, 0) is 6.42 Å². The molecule has 0 bridgehead atoms. The molecule has 0 unspecified atom stereocenters. The van der Waals surface area contributed by atoms with Gasteiger partial charge in [-0.25, -0.2) is 0 Å². The Morgan fingerprint density at radius 1 is 0.909 bits per heavy atom. The van der Waals surface area contributed by atoms with Gasteiger partial charge >= 0.3 is 0 Å². The summed E-state index contributed by atoms with van der Waals surface area (Å²) < 4.78 is 5.77. The fourth-order valence-corrected chi connectivity index (χ4v) is 2.52. The number of nitrogens with one attached hydrogen (secondary N) is 1. The fraction of sp³-hybridized carbons (Fsp3) is 0.400. The minimum Gasteiger partial charge on any atom is -0.494 e. The van der Waals surface area contributed by atoms with E-state index >= 15 is 0 Å². The third kappa shape index (κ3) is 5.80. The zero-order valence-corrected chi connectivity index (χ0v) is 13.8. The van der Waals surface area contributed by atoms with Crippen LogP contribution in [0.1, 0.15) is 36.8 Å². The Labute approximate surface area is 134 Å². The molecule has 0 aliphatic carbocycles. The van der Waals surface area contributed by atoms with E-state index in [9.17, 15) is 0 Å². The van der Waals surface area contributed by atoms with E-state index in [0.29, 0.717) is 0 Å². The highest BCUT2D eigenvalue weighted by Crippen LogP contribution is 2.14. The van der Waals surface area contributed by atoms with E-state index in [0.717, 1.165) is 18.8 Å². The van der Waals surface area contributed by atoms with Gasteiger partial charge in [0.05, 0.1) is 6.61 Å². The molecule has 0 heterocycles. The van der Waals surface area contributed by atoms with Crippen LogP contribution in [0.2, 0.25) is 0 Å². The minimum absolute atomic E-state index is 0.820. The normalized spacial score (nSPS) is 10.5. The molecular weight excluding hydrogens is 270 g/mol. The summed E-state index contributed by atoms with van der Waals surface area (Å²) in [5.74, 6) is 0.990. The molecule has 0 saturated carbocycles. The molecule has 2 aromatic rings. The monoisotopic (exact) mass is 297 g/mol. The van der Waals surface area contributed by atoms with Gasteiger partial charge in [-0.05, 0) is 61.6 Å². The number of hydrogen-bond donors (Lipinski definition) is 1. The van der Waals surface area contributed by atoms with E-state index in [2.05, 4.69) is 48.6 Å². The number of anilines is 1. The van der Waals surface area contributed by atoms with E-state index in [4.69, 9.17) is 4.74 Å². The average Bonchev–Trinajstić information content (AvgIpc) is 2.54. The van der Waals surface area contributed by atoms with Crippen molar-refractivity contribution in [2.45, 2.75) is 39.0 Å². The fourth-order valence-electron chi connectivity index (χ4n) is 2.52. The lowest BCUT2D eigenvalue weighted by molar-refractivity contribution is 0.304. The van der Waals surface area contributed by atoms with Crippen LogP contribution in [0.3, 0.4) is 0 Å². The first-order valence-electron chi connectivity index (χ1n) is 8.24. The van der Waals surface area contributed by atoms with E-state index in [-0.39, 0.29) is 0 Å². The molecule has 0 spiro atoms. The van der Waals surface area contributed by atoms with Crippen molar-refractivity contribution >= 4 is 5.69 Å². The van der Waals surface area contributed by atoms with Crippen LogP contribution in [-0.4, -0.2) is 13.7 Å². The first-order valence-corrected chi connectivity index (χ1v) is 8.24. The molecule has 0 radical (unpaired) electrons. The van der Waals surface area contributed by atoms with Crippen molar-refractivity contribution in [2.75, 3.05) is 19.0 Å². The predicted octanol–water partition coefficient (Wildman–Crippen LogP) is 5.22. The van der Waals surface area contributed by atoms with Gasteiger partial charge in [-0.3, -0.25) is 0 Å². The SMILES string of the molecule is CNc1ccc(CCCCCCOc2cccc(C)c2)cc1. The molecule has 2 rings (SSSR count). The van der Waals surface area contributed by atoms with E-state index < -0.39 is 0 Å². The van der Waals surface area contributed by atoms with E-state index in [1.54, 1.807) is 0 Å². The van der Waals surface area contributed by atoms with E-state index in [1.165, 1.54) is 42.5 Å². The van der Waals surface area contributed by atoms with Gasteiger partial charge in [0.25, 0.3) is 0 Å². The molecule has 1 N–H and O–H groups in total. The maximum atomic E-state index is 5.77. The average molecular weight is 297 g/mol. The van der Waals surface area contributed by atoms with Gasteiger partial charge in [-0.15, -0.1) is 0 Å². The highest BCUT2D eigenvalue weighted by molar-refractivity contribution is 5.43. The summed E-state index contributed by atoms with van der Waals surface area (Å²) in [6.07, 6.45) is 6.06. The Bertz CT molecular complexity index is 548. The van der Waals surface area contributed by atoms with Crippen LogP contribution in [0.4, 0.5) is 5.69 Å². The van der Waals surface area contributed by atoms with Crippen LogP contribution in [0, 0.1) is 6.92 Å². The van der Waals surface area contributed by atoms with E-state index in [1.807, 2.05) is 19.2 Å². The summed E-state index contributed by atoms with van der Waals surface area (Å²) in [4.78, 5) is 0. The summed E-state index contributed by atoms with van der Waals surface area (Å²) in [5, 5.41) is 3.15. The second-order valence-electron chi connectivity index (χ2n) is 5.78. The number of hydrogen-bond acceptors (Lipinski definition) is 2. The number of unbranched alkanes of at least 4 members (excludes halogenated alkanes) is 3. The number of aryl methyl sites for hydroxylation is 2. The molecule has 0 amide bonds. The number of rotatable bonds is 9. The van der Waals surface area contributed by atoms with Crippen molar-refractivity contribution in [3.63, 3.8) is 0 Å². The van der Waals surface area contributed by atoms with Crippen LogP contribution in [0.5, 0.6) is 5.75 Å². The molecule has 0 fully saturated rings. The second-order valence-corrected chi connectivity index (χ2v) is 5.78. The maximum Gasteiger partial charge on any atom is 0.119 e. The van der Waals surface area contributed by atoms with Crippen molar-refractivity contribution in [1.82, 2.24) is 0 Å². The molecule has 2 aromatic carbocycles. The summed E-state index contributed by atoms with van der Waals surface area (Å²) >= 11 is 0. The van der Waals surface area contributed by atoms with Crippen LogP contribution in [0.25, 0.3) is 0 Å². The second kappa shape index (κ2) is 9.14. The van der Waals surface area contributed by atoms with Crippen LogP contribution in [0.15, 0.2) is 48.5 Å². The zero-order chi connectivity index (χ0) is 15.6. The minimum atomic E-state index is 0.820. The molecule has 2 nitrogen and oxygen atoms in total. The predicted molar refractivity (Wildman–Crippen MR) is 94.8 cm³/mol. The van der Waals surface area contributed by atoms with Gasteiger partial charge < -0.3 is 10.1 Å². The Kier molecular flexibility index (Phi) is 6.82. The molecular formula is C20H27NO. The Morgan fingerprint density at radius 3 is 2.41 bits per heavy atom. The highest BCUT2D eigenvalue weighted by Gasteiger charge is 1.97. The van der Waals surface area contributed by atoms with Gasteiger partial charge in [-0.2, -0.15) is 0 Å². The molecule has 0 aromatic heterocycles. The summed E-state index contributed by atoms with van der Waals surface area (Å²) in [6, 6.07) is 17.0. The standard InChI is InChI=1S/C20H27NO/c1-17-8-7-10-20(16-17)22-15-6-4-3-5-9-18-11-13-19(21-2)14-12-18/h7-8,10-14,16,21H,3-6,9,15H2,1-2H3. The molecule has 2 heteroatoms. The summed E-state index contributed by atoms with van der Waals surface area (Å²) in [5.41, 5.74) is 3.86. The van der Waals surface area contributed by atoms with Crippen molar-refractivity contribution in [1.29, 1.82) is 0 Å². The van der Waals surface area contributed by atoms with Crippen LogP contribution >= 0.6 is 0 Å². The number of ether oxygens (including phenoxy) is 1. The molecule has 22 heavy (non-hydrogen) atoms. The topological polar surface area (TPSA) is 21.3 Å². The van der Waals surface area contributed by atoms with Gasteiger partial charge in [0.15, 0.2) is 0 Å². The molecule has 0 aliphatic heterocycles. The van der Waals surface area contributed by atoms with Gasteiger partial charge in [0.1, 0.15) is 5.75 Å².